The molecule has 0 radical (unpaired) electrons. The molecule has 0 amide bonds. The van der Waals surface area contributed by atoms with E-state index in [-0.39, 0.29) is 12.4 Å². The van der Waals surface area contributed by atoms with Gasteiger partial charge in [0.05, 0.1) is 5.52 Å². The number of nitrogens with zero attached hydrogens (tertiary/aromatic N) is 5. The van der Waals surface area contributed by atoms with Crippen LogP contribution in [0.2, 0.25) is 0 Å². The van der Waals surface area contributed by atoms with Crippen LogP contribution in [0.4, 0.5) is 5.95 Å². The third kappa shape index (κ3) is 3.89. The van der Waals surface area contributed by atoms with E-state index in [0.717, 1.165) is 59.6 Å². The summed E-state index contributed by atoms with van der Waals surface area (Å²) >= 11 is 0. The smallest absolute Gasteiger partial charge is 0.365 e. The summed E-state index contributed by atoms with van der Waals surface area (Å²) in [5.41, 5.74) is 2.80. The summed E-state index contributed by atoms with van der Waals surface area (Å²) in [5, 5.41) is 2.09. The highest BCUT2D eigenvalue weighted by atomic mass is 35.5. The molecule has 1 saturated heterocycles. The van der Waals surface area contributed by atoms with Gasteiger partial charge in [-0.3, -0.25) is 0 Å². The molecule has 6 rings (SSSR count). The number of fused-ring (bicyclic) bond motifs is 2. The number of aromatic amines is 1. The molecule has 1 fully saturated rings. The van der Waals surface area contributed by atoms with Gasteiger partial charge in [0.25, 0.3) is 0 Å². The van der Waals surface area contributed by atoms with Gasteiger partial charge in [0.1, 0.15) is 0 Å². The second-order valence-corrected chi connectivity index (χ2v) is 7.81. The number of carbonyl (C=O) groups excluding carboxylic acids is 1. The van der Waals surface area contributed by atoms with E-state index < -0.39 is 5.97 Å². The Bertz CT molecular complexity index is 1370. The number of ether oxygens (including phenoxy) is 1. The van der Waals surface area contributed by atoms with Crippen molar-refractivity contribution in [3.63, 3.8) is 0 Å². The maximum absolute atomic E-state index is 12.5. The number of esters is 1. The lowest BCUT2D eigenvalue weighted by Gasteiger charge is -2.33. The first-order valence-corrected chi connectivity index (χ1v) is 10.6. The van der Waals surface area contributed by atoms with E-state index in [0.29, 0.717) is 11.6 Å². The number of pyridine rings is 1. The molecule has 2 aromatic carbocycles. The Labute approximate surface area is 196 Å². The van der Waals surface area contributed by atoms with E-state index in [1.807, 2.05) is 54.6 Å². The summed E-state index contributed by atoms with van der Waals surface area (Å²) in [7, 11) is 0. The van der Waals surface area contributed by atoms with Crippen LogP contribution in [0.1, 0.15) is 5.56 Å². The highest BCUT2D eigenvalue weighted by Gasteiger charge is 2.27. The van der Waals surface area contributed by atoms with Gasteiger partial charge in [-0.2, -0.15) is 4.98 Å². The van der Waals surface area contributed by atoms with Gasteiger partial charge in [0.2, 0.25) is 11.8 Å². The fourth-order valence-corrected chi connectivity index (χ4v) is 4.14. The van der Waals surface area contributed by atoms with Gasteiger partial charge in [-0.05, 0) is 29.0 Å². The second kappa shape index (κ2) is 8.55. The molecule has 0 atom stereocenters. The van der Waals surface area contributed by atoms with Crippen LogP contribution < -0.4 is 4.90 Å². The number of hydrogen-bond acceptors (Lipinski definition) is 7. The predicted molar refractivity (Wildman–Crippen MR) is 130 cm³/mol. The molecule has 0 spiro atoms. The Hall–Kier alpha value is -3.91. The number of halogens is 1. The molecule has 4 aromatic rings. The first-order chi connectivity index (χ1) is 15.7. The van der Waals surface area contributed by atoms with Crippen LogP contribution in [0, 0.1) is 0 Å². The van der Waals surface area contributed by atoms with Crippen molar-refractivity contribution in [3.05, 3.63) is 78.3 Å². The van der Waals surface area contributed by atoms with E-state index in [9.17, 15) is 4.79 Å². The van der Waals surface area contributed by atoms with E-state index in [2.05, 4.69) is 29.7 Å². The molecule has 8 nitrogen and oxygen atoms in total. The molecular weight excluding hydrogens is 440 g/mol. The fourth-order valence-electron chi connectivity index (χ4n) is 4.14. The normalized spacial score (nSPS) is 17.4. The van der Waals surface area contributed by atoms with Crippen molar-refractivity contribution in [1.29, 1.82) is 0 Å². The summed E-state index contributed by atoms with van der Waals surface area (Å²) in [6.45, 7) is 3.05. The fraction of sp³-hybridized carbons (Fsp3) is 0.167. The Balaban J connectivity index is 0.00000228. The largest absolute Gasteiger partial charge is 0.402 e. The van der Waals surface area contributed by atoms with E-state index in [4.69, 9.17) is 4.74 Å². The number of imidazole rings is 1. The molecule has 0 aliphatic carbocycles. The van der Waals surface area contributed by atoms with Crippen molar-refractivity contribution in [2.45, 2.75) is 0 Å². The van der Waals surface area contributed by atoms with Gasteiger partial charge in [-0.1, -0.05) is 36.4 Å². The van der Waals surface area contributed by atoms with Crippen molar-refractivity contribution in [2.75, 3.05) is 31.1 Å². The molecule has 166 valence electrons. The Morgan fingerprint density at radius 2 is 1.79 bits per heavy atom. The van der Waals surface area contributed by atoms with Gasteiger partial charge < -0.3 is 19.5 Å². The Morgan fingerprint density at radius 1 is 0.970 bits per heavy atom. The van der Waals surface area contributed by atoms with Gasteiger partial charge in [0.15, 0.2) is 11.3 Å². The standard InChI is InChI=1S/C24H20N6O2.ClH/c31-23-20(26-22(32-23)18-8-3-6-16-5-1-2-7-17(16)18)15-29-11-13-30(14-12-29)24-27-19-9-4-10-25-21(19)28-24;/h1-10,15H,11-14H2,(H,25,27,28);1H/b20-15+;. The van der Waals surface area contributed by atoms with Gasteiger partial charge in [-0.15, -0.1) is 12.4 Å². The number of H-pyrrole nitrogens is 1. The molecule has 4 heterocycles. The molecule has 0 saturated carbocycles. The third-order valence-corrected chi connectivity index (χ3v) is 5.80. The molecule has 0 bridgehead atoms. The number of hydrogen-bond donors (Lipinski definition) is 1. The summed E-state index contributed by atoms with van der Waals surface area (Å²) in [6, 6.07) is 17.8. The number of carbonyl (C=O) groups is 1. The molecule has 2 aromatic heterocycles. The number of piperazine rings is 1. The molecular formula is C24H21ClN6O2. The lowest BCUT2D eigenvalue weighted by atomic mass is 10.0. The predicted octanol–water partition coefficient (Wildman–Crippen LogP) is 3.50. The van der Waals surface area contributed by atoms with E-state index >= 15 is 0 Å². The molecule has 9 heteroatoms. The van der Waals surface area contributed by atoms with Crippen molar-refractivity contribution in [3.8, 4) is 0 Å². The van der Waals surface area contributed by atoms with Crippen LogP contribution >= 0.6 is 12.4 Å². The van der Waals surface area contributed by atoms with Crippen LogP contribution in [-0.4, -0.2) is 57.9 Å². The van der Waals surface area contributed by atoms with Crippen LogP contribution in [0.5, 0.6) is 0 Å². The van der Waals surface area contributed by atoms with Crippen LogP contribution in [0.15, 0.2) is 77.7 Å². The summed E-state index contributed by atoms with van der Waals surface area (Å²) in [5.74, 6) is 0.757. The lowest BCUT2D eigenvalue weighted by Crippen LogP contribution is -2.44. The molecule has 2 aliphatic rings. The highest BCUT2D eigenvalue weighted by molar-refractivity contribution is 6.16. The first-order valence-electron chi connectivity index (χ1n) is 10.6. The minimum atomic E-state index is -0.418. The van der Waals surface area contributed by atoms with Gasteiger partial charge in [0, 0.05) is 44.1 Å². The number of nitrogens with one attached hydrogen (secondary N) is 1. The number of rotatable bonds is 3. The zero-order valence-corrected chi connectivity index (χ0v) is 18.5. The quantitative estimate of drug-likeness (QED) is 0.372. The molecule has 0 unspecified atom stereocenters. The first kappa shape index (κ1) is 21.0. The monoisotopic (exact) mass is 460 g/mol. The summed E-state index contributed by atoms with van der Waals surface area (Å²) < 4.78 is 5.52. The Morgan fingerprint density at radius 3 is 2.64 bits per heavy atom. The van der Waals surface area contributed by atoms with E-state index in [1.54, 1.807) is 12.4 Å². The van der Waals surface area contributed by atoms with Crippen LogP contribution in [0.25, 0.3) is 21.9 Å². The van der Waals surface area contributed by atoms with Crippen molar-refractivity contribution >= 4 is 52.2 Å². The number of cyclic esters (lactones) is 1. The summed E-state index contributed by atoms with van der Waals surface area (Å²) in [6.07, 6.45) is 3.54. The maximum atomic E-state index is 12.5. The van der Waals surface area contributed by atoms with Gasteiger partial charge >= 0.3 is 5.97 Å². The molecule has 1 N–H and O–H groups in total. The second-order valence-electron chi connectivity index (χ2n) is 7.81. The maximum Gasteiger partial charge on any atom is 0.365 e. The zero-order chi connectivity index (χ0) is 21.5. The minimum Gasteiger partial charge on any atom is -0.402 e. The highest BCUT2D eigenvalue weighted by Crippen LogP contribution is 2.24. The van der Waals surface area contributed by atoms with Crippen LogP contribution in [0.3, 0.4) is 0 Å². The SMILES string of the molecule is Cl.O=C1OC(c2cccc3ccccc23)=N/C1=C/N1CCN(c2nc3ncccc3[nH]2)CC1. The average molecular weight is 461 g/mol. The Kier molecular flexibility index (Phi) is 5.43. The lowest BCUT2D eigenvalue weighted by molar-refractivity contribution is -0.130. The van der Waals surface area contributed by atoms with Crippen molar-refractivity contribution < 1.29 is 9.53 Å². The minimum absolute atomic E-state index is 0. The topological polar surface area (TPSA) is 86.7 Å². The number of aliphatic imine (C=N–C) groups is 1. The number of anilines is 1. The van der Waals surface area contributed by atoms with Gasteiger partial charge in [-0.25, -0.2) is 14.8 Å². The number of benzene rings is 2. The van der Waals surface area contributed by atoms with Crippen molar-refractivity contribution in [1.82, 2.24) is 19.9 Å². The zero-order valence-electron chi connectivity index (χ0n) is 17.6. The molecule has 33 heavy (non-hydrogen) atoms. The van der Waals surface area contributed by atoms with Crippen LogP contribution in [-0.2, 0) is 9.53 Å². The van der Waals surface area contributed by atoms with E-state index in [1.165, 1.54) is 0 Å². The average Bonchev–Trinajstić information content (AvgIpc) is 3.43. The molecule has 2 aliphatic heterocycles. The third-order valence-electron chi connectivity index (χ3n) is 5.80. The number of aromatic nitrogens is 3. The van der Waals surface area contributed by atoms with Crippen molar-refractivity contribution in [2.24, 2.45) is 4.99 Å². The summed E-state index contributed by atoms with van der Waals surface area (Å²) in [4.78, 5) is 33.5.